The molecule has 0 fully saturated rings. The number of rotatable bonds is 3. The summed E-state index contributed by atoms with van der Waals surface area (Å²) in [5, 5.41) is 8.85. The number of nitrogens with zero attached hydrogens (tertiary/aromatic N) is 1. The van der Waals surface area contributed by atoms with Crippen LogP contribution in [0.15, 0.2) is 42.5 Å². The summed E-state index contributed by atoms with van der Waals surface area (Å²) in [6, 6.07) is 13.3. The van der Waals surface area contributed by atoms with Crippen molar-refractivity contribution in [1.29, 1.82) is 5.26 Å². The van der Waals surface area contributed by atoms with Crippen LogP contribution < -0.4 is 10.5 Å². The smallest absolute Gasteiger partial charge is 0.341 e. The summed E-state index contributed by atoms with van der Waals surface area (Å²) in [5.41, 5.74) is 6.79. The first kappa shape index (κ1) is 13.4. The topological polar surface area (TPSA) is 85.3 Å². The molecule has 0 aliphatic carbocycles. The lowest BCUT2D eigenvalue weighted by Gasteiger charge is -2.10. The van der Waals surface area contributed by atoms with E-state index in [0.29, 0.717) is 22.7 Å². The van der Waals surface area contributed by atoms with Crippen molar-refractivity contribution in [1.82, 2.24) is 0 Å². The van der Waals surface area contributed by atoms with Gasteiger partial charge in [0.15, 0.2) is 0 Å². The van der Waals surface area contributed by atoms with E-state index in [-0.39, 0.29) is 5.56 Å². The Morgan fingerprint density at radius 2 is 2.05 bits per heavy atom. The molecule has 0 unspecified atom stereocenters. The van der Waals surface area contributed by atoms with E-state index in [0.717, 1.165) is 0 Å². The van der Waals surface area contributed by atoms with Crippen molar-refractivity contribution in [2.45, 2.75) is 0 Å². The summed E-state index contributed by atoms with van der Waals surface area (Å²) in [6.07, 6.45) is 0. The van der Waals surface area contributed by atoms with Gasteiger partial charge in [0.2, 0.25) is 0 Å². The van der Waals surface area contributed by atoms with Gasteiger partial charge in [0.1, 0.15) is 17.1 Å². The number of benzene rings is 2. The van der Waals surface area contributed by atoms with E-state index in [9.17, 15) is 4.79 Å². The molecule has 0 aromatic heterocycles. The van der Waals surface area contributed by atoms with Crippen molar-refractivity contribution >= 4 is 11.7 Å². The average molecular weight is 268 g/mol. The van der Waals surface area contributed by atoms with Crippen LogP contribution >= 0.6 is 0 Å². The van der Waals surface area contributed by atoms with E-state index >= 15 is 0 Å². The minimum absolute atomic E-state index is 0.231. The Morgan fingerprint density at radius 3 is 2.75 bits per heavy atom. The predicted molar refractivity (Wildman–Crippen MR) is 73.4 cm³/mol. The summed E-state index contributed by atoms with van der Waals surface area (Å²) in [4.78, 5) is 11.7. The fourth-order valence-electron chi connectivity index (χ4n) is 1.66. The summed E-state index contributed by atoms with van der Waals surface area (Å²) in [5.74, 6) is 0.240. The van der Waals surface area contributed by atoms with Crippen LogP contribution in [0, 0.1) is 11.3 Å². The van der Waals surface area contributed by atoms with Gasteiger partial charge in [-0.2, -0.15) is 5.26 Å². The molecule has 0 saturated heterocycles. The SMILES string of the molecule is COC(=O)c1cc(N)ccc1Oc1cccc(C#N)c1. The average Bonchev–Trinajstić information content (AvgIpc) is 2.48. The number of hydrogen-bond acceptors (Lipinski definition) is 5. The highest BCUT2D eigenvalue weighted by Gasteiger charge is 2.14. The van der Waals surface area contributed by atoms with Crippen LogP contribution in [-0.2, 0) is 4.74 Å². The molecule has 5 nitrogen and oxygen atoms in total. The fraction of sp³-hybridized carbons (Fsp3) is 0.0667. The first-order chi connectivity index (χ1) is 9.63. The molecular weight excluding hydrogens is 256 g/mol. The van der Waals surface area contributed by atoms with Gasteiger partial charge in [-0.3, -0.25) is 0 Å². The first-order valence-electron chi connectivity index (χ1n) is 5.80. The number of nitrogen functional groups attached to an aromatic ring is 1. The zero-order valence-electron chi connectivity index (χ0n) is 10.8. The van der Waals surface area contributed by atoms with E-state index < -0.39 is 5.97 Å². The van der Waals surface area contributed by atoms with Gasteiger partial charge in [0.25, 0.3) is 0 Å². The summed E-state index contributed by atoms with van der Waals surface area (Å²) in [6.45, 7) is 0. The number of ether oxygens (including phenoxy) is 2. The van der Waals surface area contributed by atoms with Gasteiger partial charge in [-0.15, -0.1) is 0 Å². The van der Waals surface area contributed by atoms with Gasteiger partial charge in [-0.05, 0) is 36.4 Å². The third kappa shape index (κ3) is 2.87. The number of nitrogens with two attached hydrogens (primary N) is 1. The number of carbonyl (C=O) groups is 1. The monoisotopic (exact) mass is 268 g/mol. The van der Waals surface area contributed by atoms with Gasteiger partial charge >= 0.3 is 5.97 Å². The molecule has 100 valence electrons. The van der Waals surface area contributed by atoms with Crippen molar-refractivity contribution in [3.05, 3.63) is 53.6 Å². The van der Waals surface area contributed by atoms with Crippen molar-refractivity contribution in [2.75, 3.05) is 12.8 Å². The maximum Gasteiger partial charge on any atom is 0.341 e. The Morgan fingerprint density at radius 1 is 1.25 bits per heavy atom. The van der Waals surface area contributed by atoms with E-state index in [2.05, 4.69) is 4.74 Å². The summed E-state index contributed by atoms with van der Waals surface area (Å²) >= 11 is 0. The van der Waals surface area contributed by atoms with Crippen molar-refractivity contribution in [3.63, 3.8) is 0 Å². The van der Waals surface area contributed by atoms with Crippen molar-refractivity contribution < 1.29 is 14.3 Å². The summed E-state index contributed by atoms with van der Waals surface area (Å²) < 4.78 is 10.3. The number of nitriles is 1. The zero-order chi connectivity index (χ0) is 14.5. The summed E-state index contributed by atoms with van der Waals surface area (Å²) in [7, 11) is 1.28. The quantitative estimate of drug-likeness (QED) is 0.683. The second-order valence-electron chi connectivity index (χ2n) is 3.99. The Balaban J connectivity index is 2.38. The van der Waals surface area contributed by atoms with Gasteiger partial charge in [0, 0.05) is 5.69 Å². The number of anilines is 1. The van der Waals surface area contributed by atoms with Gasteiger partial charge in [-0.1, -0.05) is 6.07 Å². The Kier molecular flexibility index (Phi) is 3.87. The molecule has 0 atom stereocenters. The molecular formula is C15H12N2O3. The van der Waals surface area contributed by atoms with E-state index in [1.807, 2.05) is 6.07 Å². The Labute approximate surface area is 116 Å². The van der Waals surface area contributed by atoms with E-state index in [4.69, 9.17) is 15.7 Å². The van der Waals surface area contributed by atoms with Crippen LogP contribution in [-0.4, -0.2) is 13.1 Å². The fourth-order valence-corrected chi connectivity index (χ4v) is 1.66. The van der Waals surface area contributed by atoms with Crippen LogP contribution in [0.5, 0.6) is 11.5 Å². The van der Waals surface area contributed by atoms with Crippen LogP contribution in [0.3, 0.4) is 0 Å². The number of methoxy groups -OCH3 is 1. The highest BCUT2D eigenvalue weighted by atomic mass is 16.5. The van der Waals surface area contributed by atoms with Gasteiger partial charge in [0.05, 0.1) is 18.7 Å². The molecule has 0 heterocycles. The minimum Gasteiger partial charge on any atom is -0.465 e. The molecule has 2 rings (SSSR count). The third-order valence-electron chi connectivity index (χ3n) is 2.60. The first-order valence-corrected chi connectivity index (χ1v) is 5.80. The predicted octanol–water partition coefficient (Wildman–Crippen LogP) is 2.72. The number of esters is 1. The van der Waals surface area contributed by atoms with Crippen LogP contribution in [0.4, 0.5) is 5.69 Å². The Bertz CT molecular complexity index is 690. The third-order valence-corrected chi connectivity index (χ3v) is 2.60. The maximum atomic E-state index is 11.7. The second-order valence-corrected chi connectivity index (χ2v) is 3.99. The lowest BCUT2D eigenvalue weighted by molar-refractivity contribution is 0.0598. The molecule has 0 bridgehead atoms. The van der Waals surface area contributed by atoms with Gasteiger partial charge in [-0.25, -0.2) is 4.79 Å². The van der Waals surface area contributed by atoms with E-state index in [1.165, 1.54) is 13.2 Å². The van der Waals surface area contributed by atoms with Crippen LogP contribution in [0.25, 0.3) is 0 Å². The van der Waals surface area contributed by atoms with Crippen LogP contribution in [0.2, 0.25) is 0 Å². The molecule has 0 aliphatic rings. The molecule has 0 saturated carbocycles. The molecule has 5 heteroatoms. The highest BCUT2D eigenvalue weighted by molar-refractivity contribution is 5.93. The van der Waals surface area contributed by atoms with Crippen molar-refractivity contribution in [3.8, 4) is 17.6 Å². The largest absolute Gasteiger partial charge is 0.465 e. The minimum atomic E-state index is -0.538. The second kappa shape index (κ2) is 5.76. The molecule has 2 aromatic carbocycles. The molecule has 0 amide bonds. The lowest BCUT2D eigenvalue weighted by atomic mass is 10.1. The zero-order valence-corrected chi connectivity index (χ0v) is 10.8. The molecule has 2 aromatic rings. The number of hydrogen-bond donors (Lipinski definition) is 1. The van der Waals surface area contributed by atoms with Crippen LogP contribution in [0.1, 0.15) is 15.9 Å². The number of carbonyl (C=O) groups excluding carboxylic acids is 1. The Hall–Kier alpha value is -3.00. The molecule has 0 spiro atoms. The van der Waals surface area contributed by atoms with E-state index in [1.54, 1.807) is 36.4 Å². The van der Waals surface area contributed by atoms with Crippen molar-refractivity contribution in [2.24, 2.45) is 0 Å². The normalized spacial score (nSPS) is 9.60. The molecule has 20 heavy (non-hydrogen) atoms. The highest BCUT2D eigenvalue weighted by Crippen LogP contribution is 2.28. The van der Waals surface area contributed by atoms with Gasteiger partial charge < -0.3 is 15.2 Å². The lowest BCUT2D eigenvalue weighted by Crippen LogP contribution is -2.04. The molecule has 0 aliphatic heterocycles. The maximum absolute atomic E-state index is 11.7. The molecule has 2 N–H and O–H groups in total. The standard InChI is InChI=1S/C15H12N2O3/c1-19-15(18)13-8-11(17)5-6-14(13)20-12-4-2-3-10(7-12)9-16/h2-8H,17H2,1H3. The molecule has 0 radical (unpaired) electrons.